The van der Waals surface area contributed by atoms with Gasteiger partial charge >= 0.3 is 57.4 Å². The number of hydrogen-bond acceptors (Lipinski definition) is 2. The molecule has 1 aromatic rings. The summed E-state index contributed by atoms with van der Waals surface area (Å²) in [6.45, 7) is 4.27. The van der Waals surface area contributed by atoms with Crippen LogP contribution in [0.15, 0.2) is 42.5 Å². The number of ether oxygens (including phenoxy) is 1. The Morgan fingerprint density at radius 3 is 1.73 bits per heavy atom. The molecule has 1 rings (SSSR count). The van der Waals surface area contributed by atoms with Gasteiger partial charge in [-0.15, -0.1) is 0 Å². The zero-order valence-electron chi connectivity index (χ0n) is 20.0. The molecule has 0 heterocycles. The Hall–Kier alpha value is 0.0264. The fourth-order valence-corrected chi connectivity index (χ4v) is 3.03. The zero-order valence-corrected chi connectivity index (χ0v) is 23.1. The molecule has 4 heteroatoms. The van der Waals surface area contributed by atoms with Gasteiger partial charge in [0.1, 0.15) is 5.75 Å². The first-order valence-electron chi connectivity index (χ1n) is 11.7. The predicted octanol–water partition coefficient (Wildman–Crippen LogP) is 5.69. The van der Waals surface area contributed by atoms with Crippen molar-refractivity contribution in [2.75, 3.05) is 6.54 Å². The molecule has 0 amide bonds. The molecule has 166 valence electrons. The van der Waals surface area contributed by atoms with E-state index in [0.29, 0.717) is 12.3 Å². The molecule has 0 saturated heterocycles. The first-order chi connectivity index (χ1) is 14.2. The number of benzene rings is 1. The molecule has 0 atom stereocenters. The molecule has 1 aromatic carbocycles. The second-order valence-corrected chi connectivity index (χ2v) is 7.59. The fraction of sp³-hybridized carbons (Fsp3) is 0.654. The van der Waals surface area contributed by atoms with Gasteiger partial charge in [-0.25, -0.2) is 0 Å². The summed E-state index contributed by atoms with van der Waals surface area (Å²) in [4.78, 5) is 10.4. The number of unbranched alkanes of at least 4 members (excludes halogenated alkanes) is 12. The number of rotatable bonds is 16. The molecule has 0 radical (unpaired) electrons. The van der Waals surface area contributed by atoms with Crippen molar-refractivity contribution in [2.24, 2.45) is 0 Å². The number of allylic oxidation sites excluding steroid dienone is 2. The average Bonchev–Trinajstić information content (AvgIpc) is 2.72. The van der Waals surface area contributed by atoms with Crippen LogP contribution in [-0.2, 0) is 4.79 Å². The average molecular weight is 442 g/mol. The maximum absolute atomic E-state index is 10.4. The summed E-state index contributed by atoms with van der Waals surface area (Å²) in [5, 5.41) is 0. The maximum atomic E-state index is 10.4. The Kier molecular flexibility index (Phi) is 29.1. The number of para-hydroxylation sites is 1. The normalized spacial score (nSPS) is 10.2. The van der Waals surface area contributed by atoms with Gasteiger partial charge in [-0.2, -0.15) is 6.54 Å². The Balaban J connectivity index is 0. The van der Waals surface area contributed by atoms with Gasteiger partial charge in [0, 0.05) is 6.92 Å². The Morgan fingerprint density at radius 2 is 1.27 bits per heavy atom. The van der Waals surface area contributed by atoms with Gasteiger partial charge in [0.15, 0.2) is 0 Å². The molecule has 0 fully saturated rings. The van der Waals surface area contributed by atoms with Gasteiger partial charge in [0.2, 0.25) is 0 Å². The van der Waals surface area contributed by atoms with Crippen LogP contribution in [0.2, 0.25) is 0 Å². The minimum Gasteiger partial charge on any atom is -0.677 e. The van der Waals surface area contributed by atoms with E-state index in [1.54, 1.807) is 12.1 Å². The third-order valence-electron chi connectivity index (χ3n) is 4.69. The van der Waals surface area contributed by atoms with Crippen LogP contribution in [0.1, 0.15) is 104 Å². The van der Waals surface area contributed by atoms with E-state index in [4.69, 9.17) is 10.5 Å². The standard InChI is InChI=1S/C18H36N.C8H8O2.K/c1-2-3-4-5-6-7-8-9-10-11-12-13-14-15-16-17-18-19;1-7(9)10-8-5-3-2-4-6-8;/h9-10,19H,2-8,11-18H2,1H3;2-6H,1H3;/q-1;;+1. The van der Waals surface area contributed by atoms with E-state index in [2.05, 4.69) is 19.1 Å². The van der Waals surface area contributed by atoms with Crippen LogP contribution in [0.5, 0.6) is 5.75 Å². The van der Waals surface area contributed by atoms with Crippen LogP contribution in [0.25, 0.3) is 5.73 Å². The molecule has 0 aliphatic carbocycles. The molecule has 0 aromatic heterocycles. The quantitative estimate of drug-likeness (QED) is 0.109. The molecular weight excluding hydrogens is 397 g/mol. The van der Waals surface area contributed by atoms with Crippen LogP contribution in [0.3, 0.4) is 0 Å². The zero-order chi connectivity index (χ0) is 21.4. The van der Waals surface area contributed by atoms with Crippen molar-refractivity contribution >= 4 is 5.97 Å². The molecule has 0 spiro atoms. The summed E-state index contributed by atoms with van der Waals surface area (Å²) in [6, 6.07) is 8.98. The van der Waals surface area contributed by atoms with Gasteiger partial charge in [-0.05, 0) is 37.8 Å². The van der Waals surface area contributed by atoms with E-state index in [-0.39, 0.29) is 57.4 Å². The first-order valence-corrected chi connectivity index (χ1v) is 11.7. The van der Waals surface area contributed by atoms with Gasteiger partial charge < -0.3 is 10.5 Å². The second kappa shape index (κ2) is 27.1. The smallest absolute Gasteiger partial charge is 0.677 e. The third-order valence-corrected chi connectivity index (χ3v) is 4.69. The van der Waals surface area contributed by atoms with Crippen molar-refractivity contribution in [3.63, 3.8) is 0 Å². The van der Waals surface area contributed by atoms with E-state index in [1.165, 1.54) is 90.4 Å². The number of carbonyl (C=O) groups is 1. The van der Waals surface area contributed by atoms with Crippen LogP contribution < -0.4 is 56.1 Å². The van der Waals surface area contributed by atoms with E-state index in [0.717, 1.165) is 6.42 Å². The van der Waals surface area contributed by atoms with Gasteiger partial charge in [-0.3, -0.25) is 4.79 Å². The van der Waals surface area contributed by atoms with Crippen LogP contribution in [0, 0.1) is 0 Å². The van der Waals surface area contributed by atoms with Crippen molar-refractivity contribution in [3.8, 4) is 5.75 Å². The summed E-state index contributed by atoms with van der Waals surface area (Å²) in [5.41, 5.74) is 7.07. The van der Waals surface area contributed by atoms with Gasteiger partial charge in [0.05, 0.1) is 0 Å². The summed E-state index contributed by atoms with van der Waals surface area (Å²) < 4.78 is 4.78. The van der Waals surface area contributed by atoms with Crippen molar-refractivity contribution in [2.45, 2.75) is 104 Å². The number of esters is 1. The molecule has 30 heavy (non-hydrogen) atoms. The Morgan fingerprint density at radius 1 is 0.800 bits per heavy atom. The predicted molar refractivity (Wildman–Crippen MR) is 126 cm³/mol. The first kappa shape index (κ1) is 32.2. The number of hydrogen-bond donors (Lipinski definition) is 0. The fourth-order valence-electron chi connectivity index (χ4n) is 3.03. The molecular formula is C26H44KNO2. The molecule has 0 saturated carbocycles. The number of carbonyl (C=O) groups excluding carboxylic acids is 1. The monoisotopic (exact) mass is 441 g/mol. The molecule has 0 bridgehead atoms. The third kappa shape index (κ3) is 26.1. The SMILES string of the molecule is CC(=O)Oc1ccccc1.CCCCCCCCC=CCCCCCCCC[NH-].[K+]. The van der Waals surface area contributed by atoms with E-state index < -0.39 is 0 Å². The topological polar surface area (TPSA) is 50.1 Å². The van der Waals surface area contributed by atoms with Crippen molar-refractivity contribution in [1.29, 1.82) is 0 Å². The molecule has 0 aliphatic rings. The largest absolute Gasteiger partial charge is 1.00 e. The summed E-state index contributed by atoms with van der Waals surface area (Å²) in [6.07, 6.45) is 23.5. The van der Waals surface area contributed by atoms with E-state index in [9.17, 15) is 4.79 Å². The van der Waals surface area contributed by atoms with Gasteiger partial charge in [-0.1, -0.05) is 101 Å². The summed E-state index contributed by atoms with van der Waals surface area (Å²) in [7, 11) is 0. The van der Waals surface area contributed by atoms with E-state index in [1.807, 2.05) is 18.2 Å². The van der Waals surface area contributed by atoms with E-state index >= 15 is 0 Å². The van der Waals surface area contributed by atoms with Crippen molar-refractivity contribution in [3.05, 3.63) is 48.2 Å². The molecule has 0 unspecified atom stereocenters. The van der Waals surface area contributed by atoms with Gasteiger partial charge in [0.25, 0.3) is 0 Å². The molecule has 0 aliphatic heterocycles. The summed E-state index contributed by atoms with van der Waals surface area (Å²) >= 11 is 0. The second-order valence-electron chi connectivity index (χ2n) is 7.59. The number of nitrogens with one attached hydrogen (secondary N) is 1. The van der Waals surface area contributed by atoms with Crippen molar-refractivity contribution < 1.29 is 60.9 Å². The molecule has 3 nitrogen and oxygen atoms in total. The van der Waals surface area contributed by atoms with Crippen LogP contribution in [0.4, 0.5) is 0 Å². The minimum absolute atomic E-state index is 0. The van der Waals surface area contributed by atoms with Crippen molar-refractivity contribution in [1.82, 2.24) is 0 Å². The van der Waals surface area contributed by atoms with Crippen LogP contribution >= 0.6 is 0 Å². The Bertz CT molecular complexity index is 491. The summed E-state index contributed by atoms with van der Waals surface area (Å²) in [5.74, 6) is 0.307. The molecule has 1 N–H and O–H groups in total. The Labute approximate surface area is 229 Å². The maximum Gasteiger partial charge on any atom is 1.00 e. The van der Waals surface area contributed by atoms with Crippen LogP contribution in [-0.4, -0.2) is 12.5 Å². The minimum atomic E-state index is -0.286.